The Hall–Kier alpha value is -1.63. The number of carbonyl (C=O) groups excluding carboxylic acids is 1. The van der Waals surface area contributed by atoms with Gasteiger partial charge in [0.25, 0.3) is 0 Å². The minimum Gasteiger partial charge on any atom is -0.508 e. The summed E-state index contributed by atoms with van der Waals surface area (Å²) in [5, 5.41) is 29.2. The fourth-order valence-electron chi connectivity index (χ4n) is 1.39. The summed E-state index contributed by atoms with van der Waals surface area (Å²) in [5.41, 5.74) is 6.53. The van der Waals surface area contributed by atoms with Crippen LogP contribution in [0.1, 0.15) is 5.56 Å². The van der Waals surface area contributed by atoms with Crippen molar-refractivity contribution >= 4 is 5.91 Å². The molecule has 0 aliphatic heterocycles. The van der Waals surface area contributed by atoms with Crippen LogP contribution < -0.4 is 11.1 Å². The van der Waals surface area contributed by atoms with Crippen molar-refractivity contribution in [2.45, 2.75) is 18.6 Å². The van der Waals surface area contributed by atoms with Gasteiger partial charge >= 0.3 is 0 Å². The predicted octanol–water partition coefficient (Wildman–Crippen LogP) is -1.27. The maximum atomic E-state index is 11.6. The van der Waals surface area contributed by atoms with E-state index in [1.807, 2.05) is 0 Å². The molecule has 18 heavy (non-hydrogen) atoms. The van der Waals surface area contributed by atoms with E-state index in [2.05, 4.69) is 5.32 Å². The molecule has 2 atom stereocenters. The number of rotatable bonds is 6. The Morgan fingerprint density at radius 2 is 1.94 bits per heavy atom. The molecule has 0 aromatic heterocycles. The highest BCUT2D eigenvalue weighted by Gasteiger charge is 2.14. The van der Waals surface area contributed by atoms with E-state index in [1.54, 1.807) is 12.1 Å². The molecule has 0 saturated heterocycles. The lowest BCUT2D eigenvalue weighted by Crippen LogP contribution is -2.45. The Bertz CT molecular complexity index is 380. The first kappa shape index (κ1) is 14.4. The highest BCUT2D eigenvalue weighted by Crippen LogP contribution is 2.10. The summed E-state index contributed by atoms with van der Waals surface area (Å²) >= 11 is 0. The van der Waals surface area contributed by atoms with Crippen molar-refractivity contribution in [1.82, 2.24) is 5.32 Å². The van der Waals surface area contributed by atoms with Crippen molar-refractivity contribution < 1.29 is 20.1 Å². The number of nitrogens with two attached hydrogens (primary N) is 1. The van der Waals surface area contributed by atoms with Gasteiger partial charge in [-0.2, -0.15) is 0 Å². The quantitative estimate of drug-likeness (QED) is 0.434. The lowest BCUT2D eigenvalue weighted by Gasteiger charge is -2.14. The molecule has 6 nitrogen and oxygen atoms in total. The highest BCUT2D eigenvalue weighted by atomic mass is 16.3. The van der Waals surface area contributed by atoms with E-state index >= 15 is 0 Å². The second-order valence-corrected chi connectivity index (χ2v) is 4.06. The van der Waals surface area contributed by atoms with Crippen molar-refractivity contribution in [3.05, 3.63) is 29.8 Å². The van der Waals surface area contributed by atoms with Crippen LogP contribution in [-0.2, 0) is 11.2 Å². The van der Waals surface area contributed by atoms with Crippen LogP contribution >= 0.6 is 0 Å². The first-order valence-corrected chi connectivity index (χ1v) is 5.63. The van der Waals surface area contributed by atoms with E-state index in [0.717, 1.165) is 5.56 Å². The van der Waals surface area contributed by atoms with Crippen molar-refractivity contribution in [1.29, 1.82) is 0 Å². The molecule has 1 aromatic carbocycles. The smallest absolute Gasteiger partial charge is 0.237 e. The zero-order valence-corrected chi connectivity index (χ0v) is 9.91. The van der Waals surface area contributed by atoms with Crippen LogP contribution in [0.4, 0.5) is 0 Å². The van der Waals surface area contributed by atoms with Gasteiger partial charge in [0.2, 0.25) is 5.91 Å². The van der Waals surface area contributed by atoms with E-state index in [0.29, 0.717) is 6.42 Å². The number of phenolic OH excluding ortho intramolecular Hbond substituents is 1. The van der Waals surface area contributed by atoms with Gasteiger partial charge in [0.05, 0.1) is 18.8 Å². The summed E-state index contributed by atoms with van der Waals surface area (Å²) in [7, 11) is 0. The standard InChI is InChI=1S/C12H18N2O4/c13-11(12(18)14-6-10(17)7-15)5-8-1-3-9(16)4-2-8/h1-4,10-11,15-17H,5-7,13H2,(H,14,18). The Kier molecular flexibility index (Phi) is 5.57. The average Bonchev–Trinajstić information content (AvgIpc) is 2.38. The third-order valence-electron chi connectivity index (χ3n) is 2.45. The fraction of sp³-hybridized carbons (Fsp3) is 0.417. The van der Waals surface area contributed by atoms with Crippen molar-refractivity contribution in [3.8, 4) is 5.75 Å². The van der Waals surface area contributed by atoms with Gasteiger partial charge < -0.3 is 26.4 Å². The molecule has 1 amide bonds. The number of hydrogen-bond acceptors (Lipinski definition) is 5. The van der Waals surface area contributed by atoms with E-state index in [4.69, 9.17) is 21.1 Å². The third-order valence-corrected chi connectivity index (χ3v) is 2.45. The van der Waals surface area contributed by atoms with Crippen LogP contribution in [-0.4, -0.2) is 46.5 Å². The average molecular weight is 254 g/mol. The topological polar surface area (TPSA) is 116 Å². The largest absolute Gasteiger partial charge is 0.508 e. The van der Waals surface area contributed by atoms with Crippen LogP contribution in [0.2, 0.25) is 0 Å². The highest BCUT2D eigenvalue weighted by molar-refractivity contribution is 5.81. The first-order chi connectivity index (χ1) is 8.52. The van der Waals surface area contributed by atoms with E-state index in [1.165, 1.54) is 12.1 Å². The summed E-state index contributed by atoms with van der Waals surface area (Å²) in [6.45, 7) is -0.438. The third kappa shape index (κ3) is 4.70. The zero-order valence-electron chi connectivity index (χ0n) is 9.91. The SMILES string of the molecule is NC(Cc1ccc(O)cc1)C(=O)NCC(O)CO. The minimum absolute atomic E-state index is 0.0292. The second kappa shape index (κ2) is 6.95. The van der Waals surface area contributed by atoms with E-state index in [9.17, 15) is 4.79 Å². The summed E-state index contributed by atoms with van der Waals surface area (Å²) < 4.78 is 0. The van der Waals surface area contributed by atoms with Crippen molar-refractivity contribution in [2.24, 2.45) is 5.73 Å². The van der Waals surface area contributed by atoms with Crippen LogP contribution in [0, 0.1) is 0 Å². The number of amides is 1. The number of hydrogen-bond donors (Lipinski definition) is 5. The Morgan fingerprint density at radius 1 is 1.33 bits per heavy atom. The van der Waals surface area contributed by atoms with Gasteiger partial charge in [-0.15, -0.1) is 0 Å². The van der Waals surface area contributed by atoms with Gasteiger partial charge in [0, 0.05) is 6.54 Å². The molecular formula is C12H18N2O4. The summed E-state index contributed by atoms with van der Waals surface area (Å²) in [6.07, 6.45) is -0.642. The number of aliphatic hydroxyl groups excluding tert-OH is 2. The monoisotopic (exact) mass is 254 g/mol. The lowest BCUT2D eigenvalue weighted by atomic mass is 10.1. The van der Waals surface area contributed by atoms with Crippen LogP contribution in [0.5, 0.6) is 5.75 Å². The van der Waals surface area contributed by atoms with Gasteiger partial charge in [0.1, 0.15) is 5.75 Å². The lowest BCUT2D eigenvalue weighted by molar-refractivity contribution is -0.122. The predicted molar refractivity (Wildman–Crippen MR) is 65.9 cm³/mol. The molecule has 1 aromatic rings. The van der Waals surface area contributed by atoms with Gasteiger partial charge in [0.15, 0.2) is 0 Å². The molecule has 0 saturated carbocycles. The number of aliphatic hydroxyl groups is 2. The van der Waals surface area contributed by atoms with Crippen molar-refractivity contribution in [2.75, 3.05) is 13.2 Å². The molecule has 0 bridgehead atoms. The summed E-state index contributed by atoms with van der Waals surface area (Å²) in [6, 6.07) is 5.68. The first-order valence-electron chi connectivity index (χ1n) is 5.63. The zero-order chi connectivity index (χ0) is 13.5. The maximum absolute atomic E-state index is 11.6. The molecule has 6 heteroatoms. The molecule has 6 N–H and O–H groups in total. The van der Waals surface area contributed by atoms with E-state index in [-0.39, 0.29) is 12.3 Å². The Labute approximate surface area is 105 Å². The molecule has 100 valence electrons. The molecule has 0 spiro atoms. The number of aromatic hydroxyl groups is 1. The van der Waals surface area contributed by atoms with E-state index < -0.39 is 24.7 Å². The maximum Gasteiger partial charge on any atom is 0.237 e. The van der Waals surface area contributed by atoms with Crippen LogP contribution in [0.25, 0.3) is 0 Å². The van der Waals surface area contributed by atoms with Gasteiger partial charge in [-0.05, 0) is 24.1 Å². The minimum atomic E-state index is -0.977. The molecule has 0 heterocycles. The normalized spacial score (nSPS) is 13.9. The molecule has 0 aliphatic rings. The summed E-state index contributed by atoms with van der Waals surface area (Å²) in [4.78, 5) is 11.6. The Morgan fingerprint density at radius 3 is 2.50 bits per heavy atom. The van der Waals surface area contributed by atoms with Crippen LogP contribution in [0.15, 0.2) is 24.3 Å². The molecule has 2 unspecified atom stereocenters. The van der Waals surface area contributed by atoms with Gasteiger partial charge in [-0.3, -0.25) is 4.79 Å². The number of phenols is 1. The molecule has 0 fully saturated rings. The Balaban J connectivity index is 2.42. The second-order valence-electron chi connectivity index (χ2n) is 4.06. The van der Waals surface area contributed by atoms with Gasteiger partial charge in [-0.25, -0.2) is 0 Å². The summed E-state index contributed by atoms with van der Waals surface area (Å²) in [5.74, 6) is -0.238. The molecule has 1 rings (SSSR count). The molecular weight excluding hydrogens is 236 g/mol. The number of benzene rings is 1. The van der Waals surface area contributed by atoms with Crippen LogP contribution in [0.3, 0.4) is 0 Å². The molecule has 0 aliphatic carbocycles. The number of carbonyl (C=O) groups is 1. The van der Waals surface area contributed by atoms with Crippen molar-refractivity contribution in [3.63, 3.8) is 0 Å². The van der Waals surface area contributed by atoms with Gasteiger partial charge in [-0.1, -0.05) is 12.1 Å². The fourth-order valence-corrected chi connectivity index (χ4v) is 1.39. The molecule has 0 radical (unpaired) electrons. The number of nitrogens with one attached hydrogen (secondary N) is 1.